The Bertz CT molecular complexity index is 695. The van der Waals surface area contributed by atoms with Gasteiger partial charge in [0.2, 0.25) is 11.8 Å². The molecule has 2 fully saturated rings. The van der Waals surface area contributed by atoms with E-state index in [2.05, 4.69) is 27.4 Å². The molecule has 3 aliphatic rings. The van der Waals surface area contributed by atoms with Gasteiger partial charge in [0.1, 0.15) is 0 Å². The minimum absolute atomic E-state index is 0.103. The van der Waals surface area contributed by atoms with Crippen molar-refractivity contribution in [2.45, 2.75) is 45.1 Å². The maximum Gasteiger partial charge on any atom is 0.226 e. The van der Waals surface area contributed by atoms with Crippen molar-refractivity contribution < 1.29 is 9.59 Å². The van der Waals surface area contributed by atoms with Gasteiger partial charge in [-0.2, -0.15) is 0 Å². The summed E-state index contributed by atoms with van der Waals surface area (Å²) in [6, 6.07) is 3.84. The summed E-state index contributed by atoms with van der Waals surface area (Å²) in [4.78, 5) is 31.0. The molecule has 0 unspecified atom stereocenters. The van der Waals surface area contributed by atoms with Crippen LogP contribution in [0, 0.1) is 23.7 Å². The number of likely N-dealkylation sites (tertiary alicyclic amines) is 1. The molecule has 0 radical (unpaired) electrons. The first kappa shape index (κ1) is 18.2. The van der Waals surface area contributed by atoms with Crippen LogP contribution >= 0.6 is 0 Å². The number of pyridine rings is 1. The van der Waals surface area contributed by atoms with Gasteiger partial charge in [-0.05, 0) is 61.5 Å². The molecule has 3 atom stereocenters. The summed E-state index contributed by atoms with van der Waals surface area (Å²) >= 11 is 0. The van der Waals surface area contributed by atoms with Crippen molar-refractivity contribution in [2.24, 2.45) is 23.7 Å². The quantitative estimate of drug-likeness (QED) is 0.787. The summed E-state index contributed by atoms with van der Waals surface area (Å²) in [5.74, 6) is 2.40. The minimum atomic E-state index is 0.103. The Kier molecular flexibility index (Phi) is 5.55. The summed E-state index contributed by atoms with van der Waals surface area (Å²) in [7, 11) is 0. The number of nitrogens with one attached hydrogen (secondary N) is 1. The summed E-state index contributed by atoms with van der Waals surface area (Å²) in [6.45, 7) is 2.26. The Morgan fingerprint density at radius 3 is 2.70 bits per heavy atom. The van der Waals surface area contributed by atoms with Crippen LogP contribution in [0.25, 0.3) is 0 Å². The van der Waals surface area contributed by atoms with E-state index in [1.54, 1.807) is 12.4 Å². The summed E-state index contributed by atoms with van der Waals surface area (Å²) < 4.78 is 0. The standard InChI is InChI=1S/C22H29N3O2/c26-21(24-15-18-2-1-9-23-14-18)6-4-16-7-10-25(11-8-16)22(27)20-13-17-3-5-19(20)12-17/h1-3,5,9,14,16-17,19-20H,4,6-8,10-13,15H2,(H,24,26)/t17-,19+,20+/m1/s1. The Morgan fingerprint density at radius 1 is 1.19 bits per heavy atom. The van der Waals surface area contributed by atoms with Crippen LogP contribution in [0.5, 0.6) is 0 Å². The van der Waals surface area contributed by atoms with Crippen LogP contribution in [0.4, 0.5) is 0 Å². The smallest absolute Gasteiger partial charge is 0.226 e. The average Bonchev–Trinajstić information content (AvgIpc) is 3.35. The van der Waals surface area contributed by atoms with Gasteiger partial charge < -0.3 is 10.2 Å². The lowest BCUT2D eigenvalue weighted by Crippen LogP contribution is -2.42. The average molecular weight is 367 g/mol. The zero-order valence-corrected chi connectivity index (χ0v) is 15.8. The molecule has 0 spiro atoms. The largest absolute Gasteiger partial charge is 0.352 e. The van der Waals surface area contributed by atoms with Crippen LogP contribution in [0.15, 0.2) is 36.7 Å². The molecular weight excluding hydrogens is 338 g/mol. The molecule has 4 rings (SSSR count). The second-order valence-electron chi connectivity index (χ2n) is 8.33. The number of nitrogens with zero attached hydrogens (tertiary/aromatic N) is 2. The predicted octanol–water partition coefficient (Wildman–Crippen LogP) is 2.93. The van der Waals surface area contributed by atoms with Crippen molar-refractivity contribution in [3.05, 3.63) is 42.2 Å². The van der Waals surface area contributed by atoms with Crippen molar-refractivity contribution in [3.63, 3.8) is 0 Å². The van der Waals surface area contributed by atoms with Crippen molar-refractivity contribution >= 4 is 11.8 Å². The third-order valence-corrected chi connectivity index (χ3v) is 6.51. The van der Waals surface area contributed by atoms with E-state index in [0.29, 0.717) is 36.6 Å². The molecule has 1 saturated heterocycles. The fourth-order valence-corrected chi connectivity index (χ4v) is 4.87. The number of allylic oxidation sites excluding steroid dienone is 2. The lowest BCUT2D eigenvalue weighted by atomic mass is 9.88. The van der Waals surface area contributed by atoms with E-state index < -0.39 is 0 Å². The van der Waals surface area contributed by atoms with Gasteiger partial charge in [0, 0.05) is 44.4 Å². The fourth-order valence-electron chi connectivity index (χ4n) is 4.87. The predicted molar refractivity (Wildman–Crippen MR) is 103 cm³/mol. The van der Waals surface area contributed by atoms with Crippen LogP contribution in [-0.4, -0.2) is 34.8 Å². The van der Waals surface area contributed by atoms with Gasteiger partial charge >= 0.3 is 0 Å². The molecule has 2 aliphatic carbocycles. The molecule has 5 nitrogen and oxygen atoms in total. The van der Waals surface area contributed by atoms with E-state index in [-0.39, 0.29) is 11.8 Å². The molecule has 1 aromatic rings. The number of hydrogen-bond donors (Lipinski definition) is 1. The molecule has 1 aliphatic heterocycles. The molecule has 2 heterocycles. The van der Waals surface area contributed by atoms with E-state index in [4.69, 9.17) is 0 Å². The molecule has 5 heteroatoms. The van der Waals surface area contributed by atoms with Crippen LogP contribution in [0.2, 0.25) is 0 Å². The summed E-state index contributed by atoms with van der Waals surface area (Å²) in [5.41, 5.74) is 1.02. The van der Waals surface area contributed by atoms with Crippen molar-refractivity contribution in [2.75, 3.05) is 13.1 Å². The topological polar surface area (TPSA) is 62.3 Å². The zero-order chi connectivity index (χ0) is 18.6. The molecular formula is C22H29N3O2. The normalized spacial score (nSPS) is 27.1. The number of aromatic nitrogens is 1. The zero-order valence-electron chi connectivity index (χ0n) is 15.8. The van der Waals surface area contributed by atoms with Gasteiger partial charge in [-0.1, -0.05) is 18.2 Å². The molecule has 0 aromatic carbocycles. The first-order valence-electron chi connectivity index (χ1n) is 10.3. The van der Waals surface area contributed by atoms with Gasteiger partial charge in [-0.3, -0.25) is 14.6 Å². The number of carbonyl (C=O) groups is 2. The maximum atomic E-state index is 12.8. The highest BCUT2D eigenvalue weighted by Gasteiger charge is 2.41. The highest BCUT2D eigenvalue weighted by molar-refractivity contribution is 5.80. The first-order chi connectivity index (χ1) is 13.2. The second-order valence-corrected chi connectivity index (χ2v) is 8.33. The molecule has 2 amide bonds. The number of hydrogen-bond acceptors (Lipinski definition) is 3. The van der Waals surface area contributed by atoms with Crippen LogP contribution in [0.1, 0.15) is 44.1 Å². The van der Waals surface area contributed by atoms with E-state index in [0.717, 1.165) is 44.3 Å². The summed E-state index contributed by atoms with van der Waals surface area (Å²) in [6.07, 6.45) is 13.8. The molecule has 1 aromatic heterocycles. The summed E-state index contributed by atoms with van der Waals surface area (Å²) in [5, 5.41) is 2.97. The third kappa shape index (κ3) is 4.40. The van der Waals surface area contributed by atoms with Gasteiger partial charge in [0.05, 0.1) is 0 Å². The molecule has 2 bridgehead atoms. The van der Waals surface area contributed by atoms with Gasteiger partial charge in [0.25, 0.3) is 0 Å². The molecule has 27 heavy (non-hydrogen) atoms. The van der Waals surface area contributed by atoms with E-state index in [1.165, 1.54) is 6.42 Å². The van der Waals surface area contributed by atoms with E-state index in [9.17, 15) is 9.59 Å². The Labute approximate surface area is 161 Å². The second kappa shape index (κ2) is 8.24. The van der Waals surface area contributed by atoms with Crippen LogP contribution in [0.3, 0.4) is 0 Å². The van der Waals surface area contributed by atoms with Crippen molar-refractivity contribution in [1.82, 2.24) is 15.2 Å². The Balaban J connectivity index is 1.15. The number of fused-ring (bicyclic) bond motifs is 2. The minimum Gasteiger partial charge on any atom is -0.352 e. The lowest BCUT2D eigenvalue weighted by molar-refractivity contribution is -0.138. The highest BCUT2D eigenvalue weighted by Crippen LogP contribution is 2.44. The SMILES string of the molecule is O=C(CCC1CCN(C(=O)[C@H]2C[C@@H]3C=C[C@H]2C3)CC1)NCc1cccnc1. The monoisotopic (exact) mass is 367 g/mol. The lowest BCUT2D eigenvalue weighted by Gasteiger charge is -2.34. The van der Waals surface area contributed by atoms with Crippen LogP contribution in [-0.2, 0) is 16.1 Å². The van der Waals surface area contributed by atoms with Gasteiger partial charge in [-0.25, -0.2) is 0 Å². The number of carbonyl (C=O) groups excluding carboxylic acids is 2. The van der Waals surface area contributed by atoms with Crippen LogP contribution < -0.4 is 5.32 Å². The molecule has 1 N–H and O–H groups in total. The maximum absolute atomic E-state index is 12.8. The van der Waals surface area contributed by atoms with Crippen molar-refractivity contribution in [1.29, 1.82) is 0 Å². The van der Waals surface area contributed by atoms with Gasteiger partial charge in [0.15, 0.2) is 0 Å². The number of piperidine rings is 1. The Morgan fingerprint density at radius 2 is 2.04 bits per heavy atom. The third-order valence-electron chi connectivity index (χ3n) is 6.51. The fraction of sp³-hybridized carbons (Fsp3) is 0.591. The highest BCUT2D eigenvalue weighted by atomic mass is 16.2. The van der Waals surface area contributed by atoms with E-state index >= 15 is 0 Å². The van der Waals surface area contributed by atoms with Gasteiger partial charge in [-0.15, -0.1) is 0 Å². The number of amides is 2. The van der Waals surface area contributed by atoms with E-state index in [1.807, 2.05) is 12.1 Å². The van der Waals surface area contributed by atoms with Crippen molar-refractivity contribution in [3.8, 4) is 0 Å². The Hall–Kier alpha value is -2.17. The molecule has 1 saturated carbocycles. The molecule has 144 valence electrons. The first-order valence-corrected chi connectivity index (χ1v) is 10.3. The number of rotatable bonds is 6.